The molecule has 3 aromatic rings. The van der Waals surface area contributed by atoms with Crippen molar-refractivity contribution in [3.05, 3.63) is 70.3 Å². The van der Waals surface area contributed by atoms with Gasteiger partial charge in [-0.05, 0) is 31.2 Å². The van der Waals surface area contributed by atoms with Crippen molar-refractivity contribution in [1.82, 2.24) is 20.3 Å². The Kier molecular flexibility index (Phi) is 4.51. The van der Waals surface area contributed by atoms with Gasteiger partial charge in [0, 0.05) is 29.2 Å². The quantitative estimate of drug-likeness (QED) is 0.742. The Balaban J connectivity index is 1.74. The highest BCUT2D eigenvalue weighted by Gasteiger charge is 2.13. The van der Waals surface area contributed by atoms with Crippen LogP contribution in [0.4, 0.5) is 0 Å². The van der Waals surface area contributed by atoms with Crippen LogP contribution in [0, 0.1) is 6.92 Å². The molecule has 7 heteroatoms. The van der Waals surface area contributed by atoms with Gasteiger partial charge in [-0.1, -0.05) is 0 Å². The Labute approximate surface area is 137 Å². The van der Waals surface area contributed by atoms with Gasteiger partial charge in [0.15, 0.2) is 0 Å². The van der Waals surface area contributed by atoms with Crippen LogP contribution in [0.3, 0.4) is 0 Å². The first-order valence-corrected chi connectivity index (χ1v) is 7.43. The number of amides is 1. The van der Waals surface area contributed by atoms with Crippen LogP contribution in [-0.4, -0.2) is 20.9 Å². The molecule has 1 amide bonds. The van der Waals surface area contributed by atoms with Crippen LogP contribution in [0.15, 0.2) is 52.1 Å². The number of hydrogen-bond acceptors (Lipinski definition) is 5. The third kappa shape index (κ3) is 3.57. The zero-order chi connectivity index (χ0) is 16.9. The lowest BCUT2D eigenvalue weighted by atomic mass is 10.1. The van der Waals surface area contributed by atoms with E-state index in [9.17, 15) is 9.59 Å². The van der Waals surface area contributed by atoms with Crippen LogP contribution in [0.5, 0.6) is 0 Å². The summed E-state index contributed by atoms with van der Waals surface area (Å²) in [4.78, 5) is 35.4. The molecule has 0 unspecified atom stereocenters. The summed E-state index contributed by atoms with van der Waals surface area (Å²) in [6.45, 7) is 2.00. The summed E-state index contributed by atoms with van der Waals surface area (Å²) >= 11 is 0. The highest BCUT2D eigenvalue weighted by atomic mass is 16.3. The van der Waals surface area contributed by atoms with Gasteiger partial charge < -0.3 is 14.7 Å². The lowest BCUT2D eigenvalue weighted by Crippen LogP contribution is -2.28. The Hall–Kier alpha value is -3.22. The normalized spacial score (nSPS) is 10.5. The molecular weight excluding hydrogens is 308 g/mol. The maximum Gasteiger partial charge on any atom is 0.255 e. The number of H-pyrrole nitrogens is 1. The molecule has 2 N–H and O–H groups in total. The number of aromatic amines is 1. The highest BCUT2D eigenvalue weighted by molar-refractivity contribution is 5.78. The summed E-state index contributed by atoms with van der Waals surface area (Å²) in [6, 6.07) is 7.03. The molecule has 7 nitrogen and oxygen atoms in total. The van der Waals surface area contributed by atoms with E-state index in [0.29, 0.717) is 22.8 Å². The van der Waals surface area contributed by atoms with Crippen LogP contribution in [0.2, 0.25) is 0 Å². The molecular formula is C17H16N4O3. The summed E-state index contributed by atoms with van der Waals surface area (Å²) in [5, 5.41) is 2.71. The fourth-order valence-corrected chi connectivity index (χ4v) is 2.29. The number of nitrogens with one attached hydrogen (secondary N) is 2. The molecule has 0 aliphatic heterocycles. The molecule has 0 fully saturated rings. The van der Waals surface area contributed by atoms with Gasteiger partial charge in [-0.3, -0.25) is 14.6 Å². The van der Waals surface area contributed by atoms with Gasteiger partial charge in [0.05, 0.1) is 19.2 Å². The van der Waals surface area contributed by atoms with Crippen molar-refractivity contribution in [2.45, 2.75) is 19.9 Å². The van der Waals surface area contributed by atoms with Crippen molar-refractivity contribution in [1.29, 1.82) is 0 Å². The maximum atomic E-state index is 12.3. The molecule has 0 aliphatic rings. The van der Waals surface area contributed by atoms with Crippen LogP contribution in [0.25, 0.3) is 11.4 Å². The van der Waals surface area contributed by atoms with Crippen LogP contribution in [0.1, 0.15) is 17.0 Å². The average molecular weight is 324 g/mol. The fraction of sp³-hybridized carbons (Fsp3) is 0.176. The first kappa shape index (κ1) is 15.7. The number of furan rings is 1. The van der Waals surface area contributed by atoms with Crippen LogP contribution in [-0.2, 0) is 17.8 Å². The second-order valence-corrected chi connectivity index (χ2v) is 5.25. The fourth-order valence-electron chi connectivity index (χ4n) is 2.29. The third-order valence-corrected chi connectivity index (χ3v) is 3.55. The van der Waals surface area contributed by atoms with Gasteiger partial charge in [-0.15, -0.1) is 0 Å². The largest absolute Gasteiger partial charge is 0.467 e. The van der Waals surface area contributed by atoms with Crippen molar-refractivity contribution in [3.8, 4) is 11.4 Å². The van der Waals surface area contributed by atoms with Crippen molar-refractivity contribution < 1.29 is 9.21 Å². The number of pyridine rings is 1. The Bertz CT molecular complexity index is 886. The standard InChI is InChI=1S/C17H16N4O3/c1-11-14(9-15(22)19-10-13-3-2-8-24-13)17(23)21-16(20-11)12-4-6-18-7-5-12/h2-8H,9-10H2,1H3,(H,19,22)(H,20,21,23). The molecule has 0 aromatic carbocycles. The molecule has 0 atom stereocenters. The van der Waals surface area contributed by atoms with E-state index in [2.05, 4.69) is 20.3 Å². The molecule has 122 valence electrons. The zero-order valence-electron chi connectivity index (χ0n) is 13.1. The molecule has 3 heterocycles. The van der Waals surface area contributed by atoms with Gasteiger partial charge in [0.2, 0.25) is 5.91 Å². The van der Waals surface area contributed by atoms with E-state index >= 15 is 0 Å². The molecule has 0 spiro atoms. The van der Waals surface area contributed by atoms with Gasteiger partial charge in [-0.2, -0.15) is 0 Å². The second kappa shape index (κ2) is 6.91. The summed E-state index contributed by atoms with van der Waals surface area (Å²) < 4.78 is 5.15. The Morgan fingerprint density at radius 1 is 1.29 bits per heavy atom. The molecule has 0 bridgehead atoms. The predicted octanol–water partition coefficient (Wildman–Crippen LogP) is 1.59. The van der Waals surface area contributed by atoms with Crippen molar-refractivity contribution >= 4 is 5.91 Å². The van der Waals surface area contributed by atoms with Crippen molar-refractivity contribution in [2.24, 2.45) is 0 Å². The number of aryl methyl sites for hydroxylation is 1. The number of carbonyl (C=O) groups excluding carboxylic acids is 1. The Morgan fingerprint density at radius 2 is 2.08 bits per heavy atom. The SMILES string of the molecule is Cc1nc(-c2ccncc2)[nH]c(=O)c1CC(=O)NCc1ccco1. The molecule has 0 saturated heterocycles. The van der Waals surface area contributed by atoms with Crippen molar-refractivity contribution in [3.63, 3.8) is 0 Å². The molecule has 0 aliphatic carbocycles. The first-order chi connectivity index (χ1) is 11.6. The van der Waals surface area contributed by atoms with Gasteiger partial charge in [0.1, 0.15) is 11.6 Å². The smallest absolute Gasteiger partial charge is 0.255 e. The molecule has 24 heavy (non-hydrogen) atoms. The highest BCUT2D eigenvalue weighted by Crippen LogP contribution is 2.13. The molecule has 0 radical (unpaired) electrons. The average Bonchev–Trinajstić information content (AvgIpc) is 3.10. The number of aromatic nitrogens is 3. The van der Waals surface area contributed by atoms with Gasteiger partial charge in [0.25, 0.3) is 5.56 Å². The number of nitrogens with zero attached hydrogens (tertiary/aromatic N) is 2. The topological polar surface area (TPSA) is 101 Å². The number of rotatable bonds is 5. The van der Waals surface area contributed by atoms with E-state index in [1.54, 1.807) is 43.6 Å². The minimum atomic E-state index is -0.317. The van der Waals surface area contributed by atoms with E-state index in [4.69, 9.17) is 4.42 Å². The van der Waals surface area contributed by atoms with Crippen LogP contribution >= 0.6 is 0 Å². The van der Waals surface area contributed by atoms with Crippen LogP contribution < -0.4 is 10.9 Å². The lowest BCUT2D eigenvalue weighted by Gasteiger charge is -2.08. The van der Waals surface area contributed by atoms with E-state index in [1.807, 2.05) is 0 Å². The minimum absolute atomic E-state index is 0.0362. The number of hydrogen-bond donors (Lipinski definition) is 2. The summed E-state index contributed by atoms with van der Waals surface area (Å²) in [6.07, 6.45) is 4.75. The van der Waals surface area contributed by atoms with E-state index < -0.39 is 0 Å². The number of carbonyl (C=O) groups is 1. The zero-order valence-corrected chi connectivity index (χ0v) is 13.1. The maximum absolute atomic E-state index is 12.3. The summed E-state index contributed by atoms with van der Waals surface area (Å²) in [5.74, 6) is 0.846. The van der Waals surface area contributed by atoms with Gasteiger partial charge >= 0.3 is 0 Å². The monoisotopic (exact) mass is 324 g/mol. The summed E-state index contributed by atoms with van der Waals surface area (Å²) in [5.41, 5.74) is 1.32. The first-order valence-electron chi connectivity index (χ1n) is 7.43. The lowest BCUT2D eigenvalue weighted by molar-refractivity contribution is -0.120. The third-order valence-electron chi connectivity index (χ3n) is 3.55. The van der Waals surface area contributed by atoms with E-state index in [-0.39, 0.29) is 24.4 Å². The minimum Gasteiger partial charge on any atom is -0.467 e. The molecule has 3 rings (SSSR count). The molecule has 3 aromatic heterocycles. The second-order valence-electron chi connectivity index (χ2n) is 5.25. The predicted molar refractivity (Wildman–Crippen MR) is 87.1 cm³/mol. The Morgan fingerprint density at radius 3 is 2.75 bits per heavy atom. The van der Waals surface area contributed by atoms with E-state index in [1.165, 1.54) is 6.26 Å². The van der Waals surface area contributed by atoms with E-state index in [0.717, 1.165) is 5.56 Å². The summed E-state index contributed by atoms with van der Waals surface area (Å²) in [7, 11) is 0. The van der Waals surface area contributed by atoms with Gasteiger partial charge in [-0.25, -0.2) is 4.98 Å². The van der Waals surface area contributed by atoms with Crippen molar-refractivity contribution in [2.75, 3.05) is 0 Å². The molecule has 0 saturated carbocycles.